The van der Waals surface area contributed by atoms with Crippen LogP contribution in [0.5, 0.6) is 0 Å². The zero-order chi connectivity index (χ0) is 28.1. The van der Waals surface area contributed by atoms with Crippen molar-refractivity contribution in [2.45, 2.75) is 71.8 Å². The van der Waals surface area contributed by atoms with Crippen LogP contribution in [0.15, 0.2) is 89.1 Å². The van der Waals surface area contributed by atoms with Gasteiger partial charge in [-0.15, -0.1) is 0 Å². The Bertz CT molecular complexity index is 1420. The van der Waals surface area contributed by atoms with Crippen LogP contribution in [0.3, 0.4) is 0 Å². The molecule has 0 saturated heterocycles. The van der Waals surface area contributed by atoms with E-state index in [1.807, 2.05) is 13.0 Å². The number of aromatic nitrogens is 1. The molecule has 1 aliphatic rings. The van der Waals surface area contributed by atoms with E-state index >= 15 is 0 Å². The summed E-state index contributed by atoms with van der Waals surface area (Å²) >= 11 is 0. The fourth-order valence-electron chi connectivity index (χ4n) is 5.34. The third kappa shape index (κ3) is 6.16. The molecule has 3 heterocycles. The summed E-state index contributed by atoms with van der Waals surface area (Å²) in [6.07, 6.45) is 13.7. The molecule has 0 aliphatic carbocycles. The van der Waals surface area contributed by atoms with E-state index in [1.54, 1.807) is 0 Å². The number of hydrogen-bond acceptors (Lipinski definition) is 4. The van der Waals surface area contributed by atoms with Crippen molar-refractivity contribution >= 4 is 22.9 Å². The lowest BCUT2D eigenvalue weighted by molar-refractivity contribution is 0.425. The first-order chi connectivity index (χ1) is 18.7. The predicted octanol–water partition coefficient (Wildman–Crippen LogP) is 9.20. The minimum Gasteiger partial charge on any atom is -0.442 e. The van der Waals surface area contributed by atoms with Gasteiger partial charge in [-0.3, -0.25) is 4.99 Å². The van der Waals surface area contributed by atoms with Crippen LogP contribution in [0.25, 0.3) is 17.2 Å². The summed E-state index contributed by atoms with van der Waals surface area (Å²) in [7, 11) is 2.07. The maximum absolute atomic E-state index is 6.02. The van der Waals surface area contributed by atoms with Gasteiger partial charge >= 0.3 is 0 Å². The molecule has 204 valence electrons. The second-order valence-corrected chi connectivity index (χ2v) is 11.0. The molecule has 0 saturated carbocycles. The third-order valence-corrected chi connectivity index (χ3v) is 7.77. The molecule has 3 atom stereocenters. The molecule has 3 unspecified atom stereocenters. The summed E-state index contributed by atoms with van der Waals surface area (Å²) in [4.78, 5) is 12.0. The quantitative estimate of drug-likeness (QED) is 0.252. The van der Waals surface area contributed by atoms with Gasteiger partial charge in [-0.2, -0.15) is 0 Å². The Kier molecular flexibility index (Phi) is 9.06. The highest BCUT2D eigenvalue weighted by atomic mass is 16.3. The smallest absolute Gasteiger partial charge is 0.227 e. The molecule has 4 nitrogen and oxygen atoms in total. The number of benzene rings is 1. The number of rotatable bonds is 11. The summed E-state index contributed by atoms with van der Waals surface area (Å²) < 4.78 is 6.02. The maximum Gasteiger partial charge on any atom is 0.227 e. The van der Waals surface area contributed by atoms with Crippen molar-refractivity contribution in [3.8, 4) is 0 Å². The third-order valence-electron chi connectivity index (χ3n) is 7.77. The van der Waals surface area contributed by atoms with Crippen LogP contribution < -0.4 is 0 Å². The topological polar surface area (TPSA) is 41.6 Å². The van der Waals surface area contributed by atoms with E-state index in [0.717, 1.165) is 58.8 Å². The molecule has 4 heteroatoms. The molecule has 0 fully saturated rings. The molecule has 0 spiro atoms. The minimum absolute atomic E-state index is 0.0307. The van der Waals surface area contributed by atoms with Gasteiger partial charge in [0, 0.05) is 40.9 Å². The lowest BCUT2D eigenvalue weighted by Crippen LogP contribution is -2.32. The Hall–Kier alpha value is -3.66. The highest BCUT2D eigenvalue weighted by molar-refractivity contribution is 6.10. The Morgan fingerprint density at radius 2 is 1.92 bits per heavy atom. The standard InChI is InChI=1S/C35H43N3O/c1-9-11-22-38(8)25(6)34-30(28-14-12-13-15-29(28)32(10-2)36-34)19-17-24(5)16-18-27-26(7)39-35-31(27)20-21-33(37-35)23(3)4/h10-16,18,20-24,30,34H,2,6,9,17,19H2,1,3-5,7-8H3/b18-16-,22-11-. The average Bonchev–Trinajstić information content (AvgIpc) is 3.26. The van der Waals surface area contributed by atoms with Crippen LogP contribution in [0, 0.1) is 12.8 Å². The number of aryl methyl sites for hydroxylation is 1. The molecule has 3 aromatic rings. The normalized spacial score (nSPS) is 18.1. The van der Waals surface area contributed by atoms with Gasteiger partial charge in [0.15, 0.2) is 0 Å². The van der Waals surface area contributed by atoms with Gasteiger partial charge in [0.25, 0.3) is 0 Å². The van der Waals surface area contributed by atoms with Gasteiger partial charge in [-0.05, 0) is 68.0 Å². The SMILES string of the molecule is C=CC1=NC(C(=C)N(C)/C=C\CC)C(CCC(C)/C=C\c2c(C)oc3nc(C(C)C)ccc23)c2ccccc21. The first kappa shape index (κ1) is 28.4. The molecule has 1 aromatic carbocycles. The zero-order valence-corrected chi connectivity index (χ0v) is 24.4. The number of fused-ring (bicyclic) bond motifs is 2. The lowest BCUT2D eigenvalue weighted by atomic mass is 9.78. The van der Waals surface area contributed by atoms with Crippen molar-refractivity contribution in [2.24, 2.45) is 10.9 Å². The first-order valence-electron chi connectivity index (χ1n) is 14.2. The number of nitrogens with zero attached hydrogens (tertiary/aromatic N) is 3. The second-order valence-electron chi connectivity index (χ2n) is 11.0. The van der Waals surface area contributed by atoms with E-state index < -0.39 is 0 Å². The van der Waals surface area contributed by atoms with Gasteiger partial charge < -0.3 is 9.32 Å². The van der Waals surface area contributed by atoms with Crippen LogP contribution in [0.2, 0.25) is 0 Å². The van der Waals surface area contributed by atoms with Crippen LogP contribution in [-0.4, -0.2) is 28.7 Å². The van der Waals surface area contributed by atoms with E-state index in [9.17, 15) is 0 Å². The van der Waals surface area contributed by atoms with E-state index in [2.05, 4.69) is 114 Å². The van der Waals surface area contributed by atoms with Gasteiger partial charge in [-0.25, -0.2) is 4.98 Å². The molecular weight excluding hydrogens is 478 g/mol. The Morgan fingerprint density at radius 1 is 1.15 bits per heavy atom. The van der Waals surface area contributed by atoms with Crippen molar-refractivity contribution in [1.29, 1.82) is 0 Å². The predicted molar refractivity (Wildman–Crippen MR) is 166 cm³/mol. The van der Waals surface area contributed by atoms with Crippen LogP contribution in [0.1, 0.15) is 86.9 Å². The second kappa shape index (κ2) is 12.5. The molecule has 39 heavy (non-hydrogen) atoms. The van der Waals surface area contributed by atoms with Crippen molar-refractivity contribution in [3.63, 3.8) is 0 Å². The van der Waals surface area contributed by atoms with Crippen molar-refractivity contribution in [2.75, 3.05) is 7.05 Å². The molecule has 0 amide bonds. The van der Waals surface area contributed by atoms with Crippen LogP contribution in [-0.2, 0) is 0 Å². The number of pyridine rings is 1. The van der Waals surface area contributed by atoms with E-state index in [0.29, 0.717) is 11.8 Å². The highest BCUT2D eigenvalue weighted by Crippen LogP contribution is 2.39. The summed E-state index contributed by atoms with van der Waals surface area (Å²) in [6, 6.07) is 12.9. The summed E-state index contributed by atoms with van der Waals surface area (Å²) in [6.45, 7) is 19.3. The molecule has 0 N–H and O–H groups in total. The molecule has 1 aliphatic heterocycles. The molecule has 2 aromatic heterocycles. The number of likely N-dealkylation sites (N-methyl/N-ethyl adjacent to an activating group) is 1. The Morgan fingerprint density at radius 3 is 2.64 bits per heavy atom. The van der Waals surface area contributed by atoms with Crippen LogP contribution >= 0.6 is 0 Å². The molecule has 4 rings (SSSR count). The maximum atomic E-state index is 6.02. The first-order valence-corrected chi connectivity index (χ1v) is 14.2. The molecule has 0 bridgehead atoms. The van der Waals surface area contributed by atoms with E-state index in [-0.39, 0.29) is 12.0 Å². The van der Waals surface area contributed by atoms with Gasteiger partial charge in [0.1, 0.15) is 5.76 Å². The fraction of sp³-hybridized carbons (Fsp3) is 0.371. The number of allylic oxidation sites excluding steroid dienone is 3. The van der Waals surface area contributed by atoms with Gasteiger partial charge in [0.2, 0.25) is 5.71 Å². The highest BCUT2D eigenvalue weighted by Gasteiger charge is 2.32. The van der Waals surface area contributed by atoms with Crippen molar-refractivity contribution in [3.05, 3.63) is 108 Å². The monoisotopic (exact) mass is 521 g/mol. The Balaban J connectivity index is 1.56. The summed E-state index contributed by atoms with van der Waals surface area (Å²) in [5.74, 6) is 1.92. The van der Waals surface area contributed by atoms with E-state index in [1.165, 1.54) is 11.1 Å². The molecular formula is C35H43N3O. The van der Waals surface area contributed by atoms with Crippen molar-refractivity contribution in [1.82, 2.24) is 9.88 Å². The lowest BCUT2D eigenvalue weighted by Gasteiger charge is -2.35. The number of hydrogen-bond donors (Lipinski definition) is 0. The number of furan rings is 1. The van der Waals surface area contributed by atoms with Gasteiger partial charge in [0.05, 0.1) is 11.8 Å². The van der Waals surface area contributed by atoms with Crippen molar-refractivity contribution < 1.29 is 4.42 Å². The Labute approximate surface area is 234 Å². The van der Waals surface area contributed by atoms with Gasteiger partial charge in [-0.1, -0.05) is 83.3 Å². The zero-order valence-electron chi connectivity index (χ0n) is 24.4. The largest absolute Gasteiger partial charge is 0.442 e. The summed E-state index contributed by atoms with van der Waals surface area (Å²) in [5, 5.41) is 1.08. The fourth-order valence-corrected chi connectivity index (χ4v) is 5.34. The summed E-state index contributed by atoms with van der Waals surface area (Å²) in [5.41, 5.74) is 7.39. The molecule has 0 radical (unpaired) electrons. The minimum atomic E-state index is -0.0307. The van der Waals surface area contributed by atoms with Crippen LogP contribution in [0.4, 0.5) is 0 Å². The van der Waals surface area contributed by atoms with E-state index in [4.69, 9.17) is 14.4 Å². The average molecular weight is 522 g/mol. The number of aliphatic imine (C=N–C) groups is 1.